The van der Waals surface area contributed by atoms with Crippen LogP contribution in [0.5, 0.6) is 0 Å². The maximum atomic E-state index is 6.67. The zero-order valence-electron chi connectivity index (χ0n) is 27.4. The number of para-hydroxylation sites is 1. The molecule has 8 aromatic carbocycles. The number of benzene rings is 8. The molecule has 240 valence electrons. The zero-order chi connectivity index (χ0) is 33.9. The first-order chi connectivity index (χ1) is 25.2. The number of fused-ring (bicyclic) bond motifs is 6. The molecule has 2 aromatic heterocycles. The van der Waals surface area contributed by atoms with E-state index in [1.165, 1.54) is 32.7 Å². The molecule has 0 bridgehead atoms. The van der Waals surface area contributed by atoms with E-state index in [1.54, 1.807) is 0 Å². The van der Waals surface area contributed by atoms with Crippen molar-refractivity contribution in [3.8, 4) is 22.3 Å². The van der Waals surface area contributed by atoms with Crippen LogP contribution in [0.1, 0.15) is 0 Å². The quantitative estimate of drug-likeness (QED) is 0.178. The van der Waals surface area contributed by atoms with Gasteiger partial charge in [-0.05, 0) is 99.6 Å². The van der Waals surface area contributed by atoms with Crippen LogP contribution < -0.4 is 4.90 Å². The minimum atomic E-state index is 0.847. The van der Waals surface area contributed by atoms with E-state index in [9.17, 15) is 0 Å². The molecule has 51 heavy (non-hydrogen) atoms. The van der Waals surface area contributed by atoms with Gasteiger partial charge in [0.2, 0.25) is 0 Å². The van der Waals surface area contributed by atoms with Crippen molar-refractivity contribution >= 4 is 87.4 Å². The summed E-state index contributed by atoms with van der Waals surface area (Å²) in [7, 11) is 0. The van der Waals surface area contributed by atoms with Gasteiger partial charge in [0.15, 0.2) is 0 Å². The number of hydrogen-bond donors (Lipinski definition) is 0. The summed E-state index contributed by atoms with van der Waals surface area (Å²) >= 11 is 3.83. The highest BCUT2D eigenvalue weighted by Gasteiger charge is 2.20. The van der Waals surface area contributed by atoms with E-state index in [-0.39, 0.29) is 0 Å². The van der Waals surface area contributed by atoms with Crippen LogP contribution in [0.2, 0.25) is 0 Å². The molecule has 2 heterocycles. The molecule has 0 aliphatic carbocycles. The van der Waals surface area contributed by atoms with Crippen molar-refractivity contribution in [1.82, 2.24) is 4.98 Å². The normalized spacial score (nSPS) is 11.6. The number of hydrogen-bond acceptors (Lipinski definition) is 3. The Morgan fingerprint density at radius 3 is 2.14 bits per heavy atom. The second kappa shape index (κ2) is 12.0. The van der Waals surface area contributed by atoms with E-state index in [2.05, 4.69) is 190 Å². The Hall–Kier alpha value is -6.23. The van der Waals surface area contributed by atoms with E-state index in [4.69, 9.17) is 4.42 Å². The average Bonchev–Trinajstić information content (AvgIpc) is 3.55. The summed E-state index contributed by atoms with van der Waals surface area (Å²) in [6, 6.07) is 60.4. The van der Waals surface area contributed by atoms with Crippen molar-refractivity contribution in [3.63, 3.8) is 0 Å². The van der Waals surface area contributed by atoms with Crippen LogP contribution >= 0.6 is 15.9 Å². The lowest BCUT2D eigenvalue weighted by atomic mass is 9.93. The third-order valence-corrected chi connectivity index (χ3v) is 10.4. The summed E-state index contributed by atoms with van der Waals surface area (Å²) in [4.78, 5) is 6.88. The molecule has 0 radical (unpaired) electrons. The van der Waals surface area contributed by atoms with E-state index in [0.29, 0.717) is 0 Å². The number of halogens is 1. The predicted octanol–water partition coefficient (Wildman–Crippen LogP) is 14.0. The lowest BCUT2D eigenvalue weighted by molar-refractivity contribution is 0.670. The van der Waals surface area contributed by atoms with E-state index >= 15 is 0 Å². The summed E-state index contributed by atoms with van der Waals surface area (Å²) in [5, 5.41) is 8.10. The van der Waals surface area contributed by atoms with Gasteiger partial charge in [-0.3, -0.25) is 4.98 Å². The molecule has 0 atom stereocenters. The SMILES string of the molecule is Brc1cc(-c2ccc3ncccc3c2)c2oc3ccc(N(c4ccccc4)c4ccc(-c5cccc6ccccc56)c5ccccc45)cc3c2c1. The van der Waals surface area contributed by atoms with Gasteiger partial charge in [-0.2, -0.15) is 0 Å². The second-order valence-corrected chi connectivity index (χ2v) is 13.8. The molecule has 0 amide bonds. The highest BCUT2D eigenvalue weighted by molar-refractivity contribution is 9.10. The van der Waals surface area contributed by atoms with Gasteiger partial charge < -0.3 is 9.32 Å². The molecule has 0 N–H and O–H groups in total. The molecule has 0 saturated heterocycles. The van der Waals surface area contributed by atoms with Crippen molar-refractivity contribution in [2.24, 2.45) is 0 Å². The van der Waals surface area contributed by atoms with Gasteiger partial charge in [-0.25, -0.2) is 0 Å². The van der Waals surface area contributed by atoms with Crippen LogP contribution in [-0.4, -0.2) is 4.98 Å². The lowest BCUT2D eigenvalue weighted by Crippen LogP contribution is -2.10. The van der Waals surface area contributed by atoms with Crippen LogP contribution in [0.25, 0.3) is 76.6 Å². The van der Waals surface area contributed by atoms with Gasteiger partial charge in [0.25, 0.3) is 0 Å². The van der Waals surface area contributed by atoms with Crippen LogP contribution in [0.3, 0.4) is 0 Å². The number of pyridine rings is 1. The maximum Gasteiger partial charge on any atom is 0.143 e. The summed E-state index contributed by atoms with van der Waals surface area (Å²) < 4.78 is 7.67. The molecule has 10 aromatic rings. The van der Waals surface area contributed by atoms with Crippen molar-refractivity contribution in [3.05, 3.63) is 181 Å². The summed E-state index contributed by atoms with van der Waals surface area (Å²) in [5.41, 5.74) is 10.5. The first kappa shape index (κ1) is 29.7. The van der Waals surface area contributed by atoms with Crippen molar-refractivity contribution in [1.29, 1.82) is 0 Å². The zero-order valence-corrected chi connectivity index (χ0v) is 29.0. The van der Waals surface area contributed by atoms with Crippen LogP contribution in [0.4, 0.5) is 17.1 Å². The van der Waals surface area contributed by atoms with Crippen LogP contribution in [-0.2, 0) is 0 Å². The molecule has 10 rings (SSSR count). The summed E-state index contributed by atoms with van der Waals surface area (Å²) in [6.45, 7) is 0. The second-order valence-electron chi connectivity index (χ2n) is 12.9. The average molecular weight is 718 g/mol. The number of furan rings is 1. The van der Waals surface area contributed by atoms with Gasteiger partial charge in [-0.15, -0.1) is 0 Å². The smallest absolute Gasteiger partial charge is 0.143 e. The molecule has 0 spiro atoms. The number of nitrogens with zero attached hydrogens (tertiary/aromatic N) is 2. The molecule has 0 fully saturated rings. The standard InChI is InChI=1S/C47H29BrN2O/c48-33-27-41(31-19-22-44-32(26-31)12-9-25-49-44)47-43(28-33)42-29-35(20-24-46(42)51-47)50(34-13-2-1-3-14-34)45-23-21-39(38-16-6-7-17-40(38)45)37-18-8-11-30-10-4-5-15-36(30)37/h1-29H. The minimum absolute atomic E-state index is 0.847. The van der Waals surface area contributed by atoms with Crippen LogP contribution in [0, 0.1) is 0 Å². The highest BCUT2D eigenvalue weighted by atomic mass is 79.9. The fourth-order valence-corrected chi connectivity index (χ4v) is 8.06. The van der Waals surface area contributed by atoms with Gasteiger partial charge in [-0.1, -0.05) is 119 Å². The van der Waals surface area contributed by atoms with E-state index in [1.807, 2.05) is 12.3 Å². The number of aromatic nitrogens is 1. The molecule has 0 saturated carbocycles. The van der Waals surface area contributed by atoms with Gasteiger partial charge in [0, 0.05) is 49.2 Å². The Labute approximate surface area is 303 Å². The van der Waals surface area contributed by atoms with Crippen molar-refractivity contribution < 1.29 is 4.42 Å². The molecular weight excluding hydrogens is 688 g/mol. The van der Waals surface area contributed by atoms with Gasteiger partial charge >= 0.3 is 0 Å². The molecule has 0 unspecified atom stereocenters. The Morgan fingerprint density at radius 2 is 1.24 bits per heavy atom. The van der Waals surface area contributed by atoms with Crippen molar-refractivity contribution in [2.75, 3.05) is 4.90 Å². The van der Waals surface area contributed by atoms with Gasteiger partial charge in [0.05, 0.1) is 11.2 Å². The van der Waals surface area contributed by atoms with Crippen molar-refractivity contribution in [2.45, 2.75) is 0 Å². The third kappa shape index (κ3) is 4.99. The Morgan fingerprint density at radius 1 is 0.471 bits per heavy atom. The molecular formula is C47H29BrN2O. The molecule has 3 nitrogen and oxygen atoms in total. The van der Waals surface area contributed by atoms with E-state index < -0.39 is 0 Å². The maximum absolute atomic E-state index is 6.67. The summed E-state index contributed by atoms with van der Waals surface area (Å²) in [5.74, 6) is 0. The Balaban J connectivity index is 1.18. The number of rotatable bonds is 5. The molecule has 0 aliphatic rings. The third-order valence-electron chi connectivity index (χ3n) is 9.93. The minimum Gasteiger partial charge on any atom is -0.455 e. The first-order valence-electron chi connectivity index (χ1n) is 17.1. The fourth-order valence-electron chi connectivity index (χ4n) is 7.61. The highest BCUT2D eigenvalue weighted by Crippen LogP contribution is 2.45. The monoisotopic (exact) mass is 716 g/mol. The predicted molar refractivity (Wildman–Crippen MR) is 217 cm³/mol. The fraction of sp³-hybridized carbons (Fsp3) is 0. The molecule has 4 heteroatoms. The largest absolute Gasteiger partial charge is 0.455 e. The lowest BCUT2D eigenvalue weighted by Gasteiger charge is -2.27. The Kier molecular flexibility index (Phi) is 6.97. The topological polar surface area (TPSA) is 29.3 Å². The first-order valence-corrected chi connectivity index (χ1v) is 17.8. The summed E-state index contributed by atoms with van der Waals surface area (Å²) in [6.07, 6.45) is 1.83. The van der Waals surface area contributed by atoms with Crippen LogP contribution in [0.15, 0.2) is 185 Å². The molecule has 0 aliphatic heterocycles. The Bertz CT molecular complexity index is 2940. The number of anilines is 3. The van der Waals surface area contributed by atoms with Gasteiger partial charge in [0.1, 0.15) is 11.2 Å². The van der Waals surface area contributed by atoms with E-state index in [0.717, 1.165) is 65.5 Å².